The summed E-state index contributed by atoms with van der Waals surface area (Å²) >= 11 is 0. The molecular weight excluding hydrogens is 216 g/mol. The predicted molar refractivity (Wildman–Crippen MR) is 64.3 cm³/mol. The van der Waals surface area contributed by atoms with Crippen LogP contribution in [0.5, 0.6) is 5.88 Å². The van der Waals surface area contributed by atoms with Crippen LogP contribution in [0.3, 0.4) is 0 Å². The van der Waals surface area contributed by atoms with Gasteiger partial charge in [-0.3, -0.25) is 4.79 Å². The highest BCUT2D eigenvalue weighted by Crippen LogP contribution is 2.38. The summed E-state index contributed by atoms with van der Waals surface area (Å²) in [6, 6.07) is 1.47. The topological polar surface area (TPSA) is 55.0 Å². The van der Waals surface area contributed by atoms with Gasteiger partial charge in [0.2, 0.25) is 5.88 Å². The van der Waals surface area contributed by atoms with Gasteiger partial charge in [0.25, 0.3) is 5.56 Å². The molecule has 3 rings (SSSR count). The van der Waals surface area contributed by atoms with Gasteiger partial charge in [0, 0.05) is 5.92 Å². The van der Waals surface area contributed by atoms with Crippen LogP contribution in [-0.4, -0.2) is 16.1 Å². The van der Waals surface area contributed by atoms with Crippen LogP contribution in [0.2, 0.25) is 0 Å². The quantitative estimate of drug-likeness (QED) is 0.873. The molecule has 92 valence electrons. The number of nitrogens with zero attached hydrogens (tertiary/aromatic N) is 1. The Bertz CT molecular complexity index is 445. The number of ether oxygens (including phenoxy) is 1. The number of hydrogen-bond donors (Lipinski definition) is 1. The maximum absolute atomic E-state index is 11.5. The molecule has 2 aliphatic rings. The van der Waals surface area contributed by atoms with Crippen LogP contribution >= 0.6 is 0 Å². The van der Waals surface area contributed by atoms with Crippen molar-refractivity contribution >= 4 is 0 Å². The summed E-state index contributed by atoms with van der Waals surface area (Å²) in [5.74, 6) is 1.78. The van der Waals surface area contributed by atoms with Crippen molar-refractivity contribution in [3.8, 4) is 5.88 Å². The van der Waals surface area contributed by atoms with E-state index in [0.29, 0.717) is 11.8 Å². The zero-order valence-electron chi connectivity index (χ0n) is 9.95. The summed E-state index contributed by atoms with van der Waals surface area (Å²) in [4.78, 5) is 18.7. The van der Waals surface area contributed by atoms with Crippen LogP contribution in [0.4, 0.5) is 0 Å². The zero-order chi connectivity index (χ0) is 11.7. The molecule has 0 aliphatic heterocycles. The molecule has 2 aliphatic carbocycles. The van der Waals surface area contributed by atoms with Crippen molar-refractivity contribution in [3.05, 3.63) is 22.2 Å². The molecular formula is C13H18N2O2. The van der Waals surface area contributed by atoms with Gasteiger partial charge in [-0.05, 0) is 38.5 Å². The molecule has 4 heteroatoms. The van der Waals surface area contributed by atoms with Crippen molar-refractivity contribution < 1.29 is 4.74 Å². The molecule has 0 radical (unpaired) electrons. The molecule has 4 nitrogen and oxygen atoms in total. The molecule has 1 aromatic rings. The summed E-state index contributed by atoms with van der Waals surface area (Å²) < 4.78 is 5.82. The van der Waals surface area contributed by atoms with Gasteiger partial charge in [-0.25, -0.2) is 0 Å². The molecule has 0 unspecified atom stereocenters. The van der Waals surface area contributed by atoms with Gasteiger partial charge in [0.05, 0.1) is 6.07 Å². The first-order valence-electron chi connectivity index (χ1n) is 6.59. The lowest BCUT2D eigenvalue weighted by Gasteiger charge is -2.22. The van der Waals surface area contributed by atoms with Gasteiger partial charge < -0.3 is 9.72 Å². The van der Waals surface area contributed by atoms with Crippen molar-refractivity contribution in [3.63, 3.8) is 0 Å². The van der Waals surface area contributed by atoms with Crippen molar-refractivity contribution in [2.45, 2.75) is 57.0 Å². The summed E-state index contributed by atoms with van der Waals surface area (Å²) in [6.07, 6.45) is 8.46. The first kappa shape index (κ1) is 10.8. The molecule has 1 N–H and O–H groups in total. The van der Waals surface area contributed by atoms with Crippen LogP contribution in [0.25, 0.3) is 0 Å². The van der Waals surface area contributed by atoms with Crippen molar-refractivity contribution in [1.82, 2.24) is 9.97 Å². The summed E-state index contributed by atoms with van der Waals surface area (Å²) in [5.41, 5.74) is -0.0901. The van der Waals surface area contributed by atoms with E-state index in [0.717, 1.165) is 31.5 Å². The number of rotatable bonds is 3. The average molecular weight is 234 g/mol. The van der Waals surface area contributed by atoms with Crippen LogP contribution in [0.15, 0.2) is 10.9 Å². The van der Waals surface area contributed by atoms with E-state index in [4.69, 9.17) is 4.74 Å². The van der Waals surface area contributed by atoms with Gasteiger partial charge in [-0.1, -0.05) is 6.42 Å². The van der Waals surface area contributed by atoms with Gasteiger partial charge in [-0.15, -0.1) is 0 Å². The highest BCUT2D eigenvalue weighted by atomic mass is 16.5. The first-order chi connectivity index (χ1) is 8.31. The Balaban J connectivity index is 1.74. The lowest BCUT2D eigenvalue weighted by atomic mass is 9.98. The molecule has 0 saturated heterocycles. The second kappa shape index (κ2) is 4.51. The first-order valence-corrected chi connectivity index (χ1v) is 6.59. The maximum Gasteiger partial charge on any atom is 0.254 e. The minimum absolute atomic E-state index is 0.0901. The molecule has 0 aromatic carbocycles. The lowest BCUT2D eigenvalue weighted by Crippen LogP contribution is -2.22. The number of H-pyrrole nitrogens is 1. The van der Waals surface area contributed by atoms with E-state index in [1.807, 2.05) is 0 Å². The molecule has 2 saturated carbocycles. The largest absolute Gasteiger partial charge is 0.474 e. The number of aromatic nitrogens is 2. The molecule has 0 atom stereocenters. The summed E-state index contributed by atoms with van der Waals surface area (Å²) in [6.45, 7) is 0. The Morgan fingerprint density at radius 2 is 1.94 bits per heavy atom. The predicted octanol–water partition coefficient (Wildman–Crippen LogP) is 2.36. The van der Waals surface area contributed by atoms with Gasteiger partial charge in [0.15, 0.2) is 0 Å². The number of nitrogens with one attached hydrogen (secondary N) is 1. The second-order valence-electron chi connectivity index (χ2n) is 5.12. The fourth-order valence-corrected chi connectivity index (χ4v) is 2.42. The summed E-state index contributed by atoms with van der Waals surface area (Å²) in [7, 11) is 0. The average Bonchev–Trinajstić information content (AvgIpc) is 3.13. The third-order valence-electron chi connectivity index (χ3n) is 3.54. The van der Waals surface area contributed by atoms with Crippen LogP contribution in [0, 0.1) is 0 Å². The highest BCUT2D eigenvalue weighted by Gasteiger charge is 2.27. The van der Waals surface area contributed by atoms with E-state index in [1.165, 1.54) is 25.3 Å². The Morgan fingerprint density at radius 3 is 2.65 bits per heavy atom. The second-order valence-corrected chi connectivity index (χ2v) is 5.12. The number of aromatic amines is 1. The standard InChI is InChI=1S/C13H18N2O2/c16-11-8-12(15-13(14-11)9-6-7-9)17-10-4-2-1-3-5-10/h8-10H,1-7H2,(H,14,15,16). The summed E-state index contributed by atoms with van der Waals surface area (Å²) in [5, 5.41) is 0. The minimum atomic E-state index is -0.0901. The van der Waals surface area contributed by atoms with E-state index in [2.05, 4.69) is 9.97 Å². The van der Waals surface area contributed by atoms with Crippen molar-refractivity contribution in [2.75, 3.05) is 0 Å². The fraction of sp³-hybridized carbons (Fsp3) is 0.692. The SMILES string of the molecule is O=c1cc(OC2CCCCC2)nc(C2CC2)[nH]1. The molecule has 0 bridgehead atoms. The van der Waals surface area contributed by atoms with Gasteiger partial charge in [0.1, 0.15) is 11.9 Å². The Hall–Kier alpha value is -1.32. The highest BCUT2D eigenvalue weighted by molar-refractivity contribution is 5.14. The Labute approximate surface area is 100 Å². The van der Waals surface area contributed by atoms with Gasteiger partial charge in [-0.2, -0.15) is 4.98 Å². The van der Waals surface area contributed by atoms with E-state index < -0.39 is 0 Å². The maximum atomic E-state index is 11.5. The normalized spacial score (nSPS) is 21.4. The van der Waals surface area contributed by atoms with E-state index in [-0.39, 0.29) is 11.7 Å². The minimum Gasteiger partial charge on any atom is -0.474 e. The smallest absolute Gasteiger partial charge is 0.254 e. The van der Waals surface area contributed by atoms with Crippen LogP contribution in [-0.2, 0) is 0 Å². The molecule has 2 fully saturated rings. The van der Waals surface area contributed by atoms with E-state index >= 15 is 0 Å². The third-order valence-corrected chi connectivity index (χ3v) is 3.54. The third kappa shape index (κ3) is 2.68. The molecule has 0 spiro atoms. The van der Waals surface area contributed by atoms with Gasteiger partial charge >= 0.3 is 0 Å². The van der Waals surface area contributed by atoms with Crippen LogP contribution in [0.1, 0.15) is 56.7 Å². The monoisotopic (exact) mass is 234 g/mol. The molecule has 0 amide bonds. The van der Waals surface area contributed by atoms with E-state index in [9.17, 15) is 4.79 Å². The van der Waals surface area contributed by atoms with Crippen molar-refractivity contribution in [1.29, 1.82) is 0 Å². The molecule has 17 heavy (non-hydrogen) atoms. The fourth-order valence-electron chi connectivity index (χ4n) is 2.42. The van der Waals surface area contributed by atoms with E-state index in [1.54, 1.807) is 0 Å². The molecule has 1 aromatic heterocycles. The Kier molecular flexibility index (Phi) is 2.87. The zero-order valence-corrected chi connectivity index (χ0v) is 9.95. The Morgan fingerprint density at radius 1 is 1.18 bits per heavy atom. The number of hydrogen-bond acceptors (Lipinski definition) is 3. The molecule has 1 heterocycles. The van der Waals surface area contributed by atoms with Crippen molar-refractivity contribution in [2.24, 2.45) is 0 Å². The lowest BCUT2D eigenvalue weighted by molar-refractivity contribution is 0.148. The van der Waals surface area contributed by atoms with Crippen LogP contribution < -0.4 is 10.3 Å².